The van der Waals surface area contributed by atoms with E-state index in [9.17, 15) is 4.79 Å². The van der Waals surface area contributed by atoms with Crippen molar-refractivity contribution in [2.24, 2.45) is 11.3 Å². The number of hydrogen-bond donors (Lipinski definition) is 0. The predicted molar refractivity (Wildman–Crippen MR) is 53.4 cm³/mol. The van der Waals surface area contributed by atoms with Crippen LogP contribution in [0.3, 0.4) is 0 Å². The van der Waals surface area contributed by atoms with Gasteiger partial charge < -0.3 is 0 Å². The molecule has 13 heavy (non-hydrogen) atoms. The van der Waals surface area contributed by atoms with Gasteiger partial charge in [-0.3, -0.25) is 4.79 Å². The van der Waals surface area contributed by atoms with Crippen LogP contribution < -0.4 is 0 Å². The summed E-state index contributed by atoms with van der Waals surface area (Å²) in [6, 6.07) is 0. The summed E-state index contributed by atoms with van der Waals surface area (Å²) in [6.07, 6.45) is 7.48. The van der Waals surface area contributed by atoms with Crippen LogP contribution in [-0.2, 0) is 4.79 Å². The lowest BCUT2D eigenvalue weighted by molar-refractivity contribution is -0.127. The number of ketones is 1. The zero-order valence-electron chi connectivity index (χ0n) is 8.60. The molecule has 72 valence electrons. The van der Waals surface area contributed by atoms with Crippen molar-refractivity contribution in [3.05, 3.63) is 11.6 Å². The van der Waals surface area contributed by atoms with Gasteiger partial charge in [0.25, 0.3) is 0 Å². The van der Waals surface area contributed by atoms with E-state index in [0.29, 0.717) is 11.7 Å². The molecule has 1 spiro atoms. The number of hydrogen-bond acceptors (Lipinski definition) is 1. The second-order valence-electron chi connectivity index (χ2n) is 4.77. The zero-order chi connectivity index (χ0) is 9.47. The molecule has 0 amide bonds. The maximum atomic E-state index is 11.8. The van der Waals surface area contributed by atoms with Gasteiger partial charge in [0, 0.05) is 11.8 Å². The minimum absolute atomic E-state index is 0.0551. The minimum Gasteiger partial charge on any atom is -0.299 e. The molecule has 0 aromatic carbocycles. The van der Waals surface area contributed by atoms with Crippen LogP contribution in [0.15, 0.2) is 11.6 Å². The van der Waals surface area contributed by atoms with Crippen molar-refractivity contribution < 1.29 is 4.79 Å². The van der Waals surface area contributed by atoms with Crippen molar-refractivity contribution in [3.8, 4) is 0 Å². The third-order valence-electron chi connectivity index (χ3n) is 4.08. The maximum Gasteiger partial charge on any atom is 0.139 e. The van der Waals surface area contributed by atoms with Gasteiger partial charge in [0.05, 0.1) is 0 Å². The molecule has 0 N–H and O–H groups in total. The second kappa shape index (κ2) is 2.97. The molecule has 1 heteroatoms. The molecule has 2 aliphatic carbocycles. The largest absolute Gasteiger partial charge is 0.299 e. The quantitative estimate of drug-likeness (QED) is 0.521. The molecule has 2 aliphatic rings. The highest BCUT2D eigenvalue weighted by Crippen LogP contribution is 2.49. The SMILES string of the molecule is CC1=CC[C@]2(CC1)C(=O)CC[C@@H]2C. The standard InChI is InChI=1S/C12H18O/c1-9-5-7-12(8-6-9)10(2)3-4-11(12)13/h5,10H,3-4,6-8H2,1-2H3/t10-,12+/m0/s1. The monoisotopic (exact) mass is 178 g/mol. The lowest BCUT2D eigenvalue weighted by Crippen LogP contribution is -2.32. The minimum atomic E-state index is 0.0551. The van der Waals surface area contributed by atoms with Crippen LogP contribution >= 0.6 is 0 Å². The molecule has 1 nitrogen and oxygen atoms in total. The van der Waals surface area contributed by atoms with Gasteiger partial charge in [0.1, 0.15) is 5.78 Å². The molecule has 0 unspecified atom stereocenters. The predicted octanol–water partition coefficient (Wildman–Crippen LogP) is 3.10. The number of carbonyl (C=O) groups excluding carboxylic acids is 1. The first-order valence-electron chi connectivity index (χ1n) is 5.34. The van der Waals surface area contributed by atoms with E-state index in [1.54, 1.807) is 0 Å². The average Bonchev–Trinajstić information content (AvgIpc) is 2.39. The van der Waals surface area contributed by atoms with Gasteiger partial charge in [0.2, 0.25) is 0 Å². The zero-order valence-corrected chi connectivity index (χ0v) is 8.60. The highest BCUT2D eigenvalue weighted by molar-refractivity contribution is 5.87. The molecule has 0 heterocycles. The highest BCUT2D eigenvalue weighted by Gasteiger charge is 2.46. The van der Waals surface area contributed by atoms with Gasteiger partial charge in [-0.1, -0.05) is 18.6 Å². The van der Waals surface area contributed by atoms with Crippen LogP contribution in [0, 0.1) is 11.3 Å². The number of carbonyl (C=O) groups is 1. The molecule has 1 saturated carbocycles. The average molecular weight is 178 g/mol. The van der Waals surface area contributed by atoms with Crippen molar-refractivity contribution in [1.29, 1.82) is 0 Å². The van der Waals surface area contributed by atoms with E-state index in [1.165, 1.54) is 5.57 Å². The Labute approximate surface area is 80.2 Å². The van der Waals surface area contributed by atoms with Gasteiger partial charge in [0.15, 0.2) is 0 Å². The molecule has 0 aromatic rings. The lowest BCUT2D eigenvalue weighted by atomic mass is 9.68. The van der Waals surface area contributed by atoms with Crippen LogP contribution in [0.4, 0.5) is 0 Å². The van der Waals surface area contributed by atoms with Crippen molar-refractivity contribution in [2.75, 3.05) is 0 Å². The smallest absolute Gasteiger partial charge is 0.139 e. The molecule has 0 aliphatic heterocycles. The Hall–Kier alpha value is -0.590. The number of rotatable bonds is 0. The first kappa shape index (κ1) is 8.98. The Morgan fingerprint density at radius 1 is 1.46 bits per heavy atom. The third kappa shape index (κ3) is 1.25. The fourth-order valence-corrected chi connectivity index (χ4v) is 2.83. The van der Waals surface area contributed by atoms with Crippen molar-refractivity contribution in [1.82, 2.24) is 0 Å². The Morgan fingerprint density at radius 2 is 2.23 bits per heavy atom. The van der Waals surface area contributed by atoms with E-state index in [2.05, 4.69) is 19.9 Å². The van der Waals surface area contributed by atoms with Crippen LogP contribution in [-0.4, -0.2) is 5.78 Å². The lowest BCUT2D eigenvalue weighted by Gasteiger charge is -2.34. The maximum absolute atomic E-state index is 11.8. The van der Waals surface area contributed by atoms with Crippen molar-refractivity contribution in [2.45, 2.75) is 46.0 Å². The van der Waals surface area contributed by atoms with E-state index in [-0.39, 0.29) is 5.41 Å². The first-order chi connectivity index (χ1) is 6.15. The Bertz CT molecular complexity index is 264. The summed E-state index contributed by atoms with van der Waals surface area (Å²) in [6.45, 7) is 4.43. The molecular weight excluding hydrogens is 160 g/mol. The molecule has 2 atom stereocenters. The molecule has 0 bridgehead atoms. The summed E-state index contributed by atoms with van der Waals surface area (Å²) in [5, 5.41) is 0. The van der Waals surface area contributed by atoms with Gasteiger partial charge in [-0.05, 0) is 38.5 Å². The second-order valence-corrected chi connectivity index (χ2v) is 4.77. The highest BCUT2D eigenvalue weighted by atomic mass is 16.1. The molecule has 0 saturated heterocycles. The molecule has 0 aromatic heterocycles. The van der Waals surface area contributed by atoms with E-state index in [4.69, 9.17) is 0 Å². The van der Waals surface area contributed by atoms with E-state index >= 15 is 0 Å². The van der Waals surface area contributed by atoms with E-state index in [1.807, 2.05) is 0 Å². The summed E-state index contributed by atoms with van der Waals surface area (Å²) in [7, 11) is 0. The van der Waals surface area contributed by atoms with Crippen molar-refractivity contribution >= 4 is 5.78 Å². The normalized spacial score (nSPS) is 39.7. The van der Waals surface area contributed by atoms with E-state index in [0.717, 1.165) is 32.1 Å². The van der Waals surface area contributed by atoms with Gasteiger partial charge >= 0.3 is 0 Å². The molecule has 2 rings (SSSR count). The van der Waals surface area contributed by atoms with Crippen LogP contribution in [0.2, 0.25) is 0 Å². The fourth-order valence-electron chi connectivity index (χ4n) is 2.83. The topological polar surface area (TPSA) is 17.1 Å². The summed E-state index contributed by atoms with van der Waals surface area (Å²) in [5.74, 6) is 1.15. The van der Waals surface area contributed by atoms with Crippen LogP contribution in [0.5, 0.6) is 0 Å². The van der Waals surface area contributed by atoms with Crippen LogP contribution in [0.1, 0.15) is 46.0 Å². The summed E-state index contributed by atoms with van der Waals surface area (Å²) >= 11 is 0. The summed E-state index contributed by atoms with van der Waals surface area (Å²) in [5.41, 5.74) is 1.53. The Balaban J connectivity index is 2.25. The van der Waals surface area contributed by atoms with Crippen LogP contribution in [0.25, 0.3) is 0 Å². The van der Waals surface area contributed by atoms with Crippen molar-refractivity contribution in [3.63, 3.8) is 0 Å². The molecular formula is C12H18O. The van der Waals surface area contributed by atoms with Gasteiger partial charge in [-0.15, -0.1) is 0 Å². The number of Topliss-reactive ketones (excluding diaryl/α,β-unsaturated/α-hetero) is 1. The van der Waals surface area contributed by atoms with Gasteiger partial charge in [-0.2, -0.15) is 0 Å². The Morgan fingerprint density at radius 3 is 2.69 bits per heavy atom. The first-order valence-corrected chi connectivity index (χ1v) is 5.34. The molecule has 1 fully saturated rings. The van der Waals surface area contributed by atoms with E-state index < -0.39 is 0 Å². The molecule has 0 radical (unpaired) electrons. The third-order valence-corrected chi connectivity index (χ3v) is 4.08. The summed E-state index contributed by atoms with van der Waals surface area (Å²) in [4.78, 5) is 11.8. The Kier molecular flexibility index (Phi) is 2.05. The summed E-state index contributed by atoms with van der Waals surface area (Å²) < 4.78 is 0. The van der Waals surface area contributed by atoms with Gasteiger partial charge in [-0.25, -0.2) is 0 Å². The fraction of sp³-hybridized carbons (Fsp3) is 0.750. The number of allylic oxidation sites excluding steroid dienone is 2.